The Morgan fingerprint density at radius 1 is 1.45 bits per heavy atom. The number of rotatable bonds is 9. The number of carbonyl (C=O) groups excluding carboxylic acids is 1. The van der Waals surface area contributed by atoms with Crippen molar-refractivity contribution in [2.45, 2.75) is 71.8 Å². The van der Waals surface area contributed by atoms with Crippen LogP contribution in [0.2, 0.25) is 0 Å². The van der Waals surface area contributed by atoms with Crippen LogP contribution >= 0.6 is 0 Å². The van der Waals surface area contributed by atoms with Gasteiger partial charge in [0, 0.05) is 5.92 Å². The predicted molar refractivity (Wildman–Crippen MR) is 86.5 cm³/mol. The van der Waals surface area contributed by atoms with Gasteiger partial charge in [-0.3, -0.25) is 9.59 Å². The minimum atomic E-state index is -0.937. The van der Waals surface area contributed by atoms with E-state index < -0.39 is 17.3 Å². The monoisotopic (exact) mass is 310 g/mol. The summed E-state index contributed by atoms with van der Waals surface area (Å²) < 4.78 is 5.69. The molecule has 4 heteroatoms. The van der Waals surface area contributed by atoms with Crippen molar-refractivity contribution in [2.24, 2.45) is 17.3 Å². The molecule has 1 saturated carbocycles. The Labute approximate surface area is 133 Å². The first-order valence-corrected chi connectivity index (χ1v) is 8.22. The Kier molecular flexibility index (Phi) is 6.21. The van der Waals surface area contributed by atoms with Gasteiger partial charge in [-0.25, -0.2) is 0 Å². The molecular formula is C18H30O4. The second kappa shape index (κ2) is 7.30. The molecule has 0 heterocycles. The molecule has 0 unspecified atom stereocenters. The topological polar surface area (TPSA) is 63.6 Å². The molecule has 0 aromatic heterocycles. The van der Waals surface area contributed by atoms with Crippen molar-refractivity contribution < 1.29 is 19.4 Å². The molecule has 3 atom stereocenters. The van der Waals surface area contributed by atoms with E-state index in [1.165, 1.54) is 0 Å². The van der Waals surface area contributed by atoms with Crippen molar-refractivity contribution in [1.29, 1.82) is 0 Å². The Hall–Kier alpha value is -1.32. The number of carboxylic acids is 1. The summed E-state index contributed by atoms with van der Waals surface area (Å²) in [5, 5.41) is 9.31. The second-order valence-electron chi connectivity index (χ2n) is 7.47. The Balaban J connectivity index is 2.56. The number of allylic oxidation sites excluding steroid dienone is 1. The number of esters is 1. The van der Waals surface area contributed by atoms with Gasteiger partial charge in [-0.05, 0) is 37.5 Å². The minimum Gasteiger partial charge on any atom is -0.481 e. The molecule has 1 aliphatic carbocycles. The number of hydrogen-bond donors (Lipinski definition) is 1. The van der Waals surface area contributed by atoms with Crippen molar-refractivity contribution >= 4 is 11.9 Å². The van der Waals surface area contributed by atoms with Gasteiger partial charge in [0.05, 0.1) is 12.3 Å². The van der Waals surface area contributed by atoms with Crippen LogP contribution in [0.15, 0.2) is 12.7 Å². The molecule has 0 aliphatic heterocycles. The van der Waals surface area contributed by atoms with E-state index in [9.17, 15) is 14.7 Å². The average molecular weight is 310 g/mol. The van der Waals surface area contributed by atoms with Crippen molar-refractivity contribution in [3.63, 3.8) is 0 Å². The van der Waals surface area contributed by atoms with E-state index in [-0.39, 0.29) is 18.0 Å². The van der Waals surface area contributed by atoms with Crippen LogP contribution in [-0.2, 0) is 14.3 Å². The zero-order chi connectivity index (χ0) is 17.0. The summed E-state index contributed by atoms with van der Waals surface area (Å²) in [5.74, 6) is -1.62. The van der Waals surface area contributed by atoms with Gasteiger partial charge in [-0.15, -0.1) is 6.58 Å². The highest BCUT2D eigenvalue weighted by Gasteiger charge is 2.55. The number of carboxylic acid groups (broad SMARTS) is 1. The van der Waals surface area contributed by atoms with Crippen molar-refractivity contribution in [3.05, 3.63) is 12.7 Å². The Morgan fingerprint density at radius 3 is 2.55 bits per heavy atom. The number of aliphatic carboxylic acids is 1. The normalized spacial score (nSPS) is 25.4. The molecule has 1 N–H and O–H groups in total. The van der Waals surface area contributed by atoms with E-state index in [4.69, 9.17) is 4.74 Å². The lowest BCUT2D eigenvalue weighted by Gasteiger charge is -2.27. The van der Waals surface area contributed by atoms with Crippen LogP contribution in [0.25, 0.3) is 0 Å². The molecule has 0 amide bonds. The molecule has 1 rings (SSSR count). The molecule has 22 heavy (non-hydrogen) atoms. The maximum Gasteiger partial charge on any atom is 0.307 e. The number of hydrogen-bond acceptors (Lipinski definition) is 3. The SMILES string of the molecule is C=CCCC[C@@H]1C[C@@]1(CC)OC(=O)C[C@H](C(=O)O)C(C)(C)C. The van der Waals surface area contributed by atoms with E-state index >= 15 is 0 Å². The molecule has 0 aromatic rings. The zero-order valence-corrected chi connectivity index (χ0v) is 14.4. The van der Waals surface area contributed by atoms with Crippen LogP contribution in [0.1, 0.15) is 66.2 Å². The van der Waals surface area contributed by atoms with Crippen molar-refractivity contribution in [2.75, 3.05) is 0 Å². The lowest BCUT2D eigenvalue weighted by Crippen LogP contribution is -2.33. The lowest BCUT2D eigenvalue weighted by molar-refractivity contribution is -0.160. The smallest absolute Gasteiger partial charge is 0.307 e. The van der Waals surface area contributed by atoms with Crippen LogP contribution in [0.5, 0.6) is 0 Å². The van der Waals surface area contributed by atoms with Crippen LogP contribution < -0.4 is 0 Å². The molecule has 0 bridgehead atoms. The van der Waals surface area contributed by atoms with Gasteiger partial charge < -0.3 is 9.84 Å². The molecule has 4 nitrogen and oxygen atoms in total. The van der Waals surface area contributed by atoms with E-state index in [0.717, 1.165) is 32.1 Å². The summed E-state index contributed by atoms with van der Waals surface area (Å²) >= 11 is 0. The molecule has 126 valence electrons. The molecular weight excluding hydrogens is 280 g/mol. The van der Waals surface area contributed by atoms with Crippen molar-refractivity contribution in [3.8, 4) is 0 Å². The zero-order valence-electron chi connectivity index (χ0n) is 14.4. The number of unbranched alkanes of at least 4 members (excludes halogenated alkanes) is 1. The molecule has 0 spiro atoms. The highest BCUT2D eigenvalue weighted by atomic mass is 16.6. The maximum absolute atomic E-state index is 12.2. The molecule has 0 radical (unpaired) electrons. The van der Waals surface area contributed by atoms with Crippen LogP contribution in [0.3, 0.4) is 0 Å². The van der Waals surface area contributed by atoms with E-state index in [2.05, 4.69) is 6.58 Å². The molecule has 0 saturated heterocycles. The third-order valence-corrected chi connectivity index (χ3v) is 4.77. The first-order chi connectivity index (χ1) is 10.2. The summed E-state index contributed by atoms with van der Waals surface area (Å²) in [6.07, 6.45) is 6.63. The quantitative estimate of drug-likeness (QED) is 0.394. The number of carbonyl (C=O) groups is 2. The molecule has 1 fully saturated rings. The predicted octanol–water partition coefficient (Wildman–Crippen LogP) is 4.19. The van der Waals surface area contributed by atoms with Gasteiger partial charge in [-0.2, -0.15) is 0 Å². The average Bonchev–Trinajstić information content (AvgIpc) is 3.08. The fourth-order valence-corrected chi connectivity index (χ4v) is 3.06. The third kappa shape index (κ3) is 4.85. The number of ether oxygens (including phenoxy) is 1. The summed E-state index contributed by atoms with van der Waals surface area (Å²) in [6.45, 7) is 11.3. The van der Waals surface area contributed by atoms with E-state index in [1.54, 1.807) is 0 Å². The largest absolute Gasteiger partial charge is 0.481 e. The van der Waals surface area contributed by atoms with Crippen LogP contribution in [0.4, 0.5) is 0 Å². The Morgan fingerprint density at radius 2 is 2.09 bits per heavy atom. The molecule has 1 aliphatic rings. The summed E-state index contributed by atoms with van der Waals surface area (Å²) in [7, 11) is 0. The van der Waals surface area contributed by atoms with Gasteiger partial charge in [0.1, 0.15) is 5.60 Å². The molecule has 0 aromatic carbocycles. The van der Waals surface area contributed by atoms with Crippen molar-refractivity contribution in [1.82, 2.24) is 0 Å². The van der Waals surface area contributed by atoms with Crippen LogP contribution in [-0.4, -0.2) is 22.6 Å². The van der Waals surface area contributed by atoms with Crippen LogP contribution in [0, 0.1) is 17.3 Å². The summed E-state index contributed by atoms with van der Waals surface area (Å²) in [5.41, 5.74) is -0.809. The first-order valence-electron chi connectivity index (χ1n) is 8.22. The maximum atomic E-state index is 12.2. The van der Waals surface area contributed by atoms with Gasteiger partial charge in [0.15, 0.2) is 0 Å². The van der Waals surface area contributed by atoms with Gasteiger partial charge in [0.25, 0.3) is 0 Å². The lowest BCUT2D eigenvalue weighted by atomic mass is 9.79. The summed E-state index contributed by atoms with van der Waals surface area (Å²) in [4.78, 5) is 23.5. The second-order valence-corrected chi connectivity index (χ2v) is 7.47. The standard InChI is InChI=1S/C18H30O4/c1-6-8-9-10-13-12-18(13,7-2)22-15(19)11-14(16(20)21)17(3,4)5/h6,13-14H,1,7-12H2,2-5H3,(H,20,21)/t13-,14-,18-/m1/s1. The highest BCUT2D eigenvalue weighted by molar-refractivity contribution is 5.79. The fourth-order valence-electron chi connectivity index (χ4n) is 3.06. The van der Waals surface area contributed by atoms with Gasteiger partial charge >= 0.3 is 11.9 Å². The van der Waals surface area contributed by atoms with Gasteiger partial charge in [0.2, 0.25) is 0 Å². The first kappa shape index (κ1) is 18.7. The Bertz CT molecular complexity index is 421. The highest BCUT2D eigenvalue weighted by Crippen LogP contribution is 2.52. The minimum absolute atomic E-state index is 0.0556. The third-order valence-electron chi connectivity index (χ3n) is 4.77. The fraction of sp³-hybridized carbons (Fsp3) is 0.778. The van der Waals surface area contributed by atoms with Gasteiger partial charge in [-0.1, -0.05) is 33.8 Å². The van der Waals surface area contributed by atoms with E-state index in [1.807, 2.05) is 33.8 Å². The summed E-state index contributed by atoms with van der Waals surface area (Å²) in [6, 6.07) is 0. The van der Waals surface area contributed by atoms with E-state index in [0.29, 0.717) is 5.92 Å².